The fourth-order valence-corrected chi connectivity index (χ4v) is 4.25. The number of carbonyl (C=O) groups is 3. The van der Waals surface area contributed by atoms with E-state index in [1.54, 1.807) is 42.2 Å². The molecule has 2 heterocycles. The highest BCUT2D eigenvalue weighted by Gasteiger charge is 2.38. The predicted molar refractivity (Wildman–Crippen MR) is 135 cm³/mol. The Kier molecular flexibility index (Phi) is 7.85. The first kappa shape index (κ1) is 25.2. The average Bonchev–Trinajstić information content (AvgIpc) is 3.47. The van der Waals surface area contributed by atoms with Gasteiger partial charge in [0, 0.05) is 18.0 Å². The van der Waals surface area contributed by atoms with Crippen molar-refractivity contribution in [2.45, 2.75) is 32.8 Å². The van der Waals surface area contributed by atoms with Crippen molar-refractivity contribution in [2.24, 2.45) is 0 Å². The number of esters is 1. The second kappa shape index (κ2) is 11.2. The number of hydrogen-bond donors (Lipinski definition) is 1. The van der Waals surface area contributed by atoms with Crippen molar-refractivity contribution in [1.82, 2.24) is 4.90 Å². The molecule has 2 aliphatic rings. The monoisotopic (exact) mass is 490 g/mol. The van der Waals surface area contributed by atoms with Crippen LogP contribution < -0.4 is 10.1 Å². The number of allylic oxidation sites excluding steroid dienone is 1. The van der Waals surface area contributed by atoms with Crippen LogP contribution in [0.4, 0.5) is 5.69 Å². The molecule has 2 aromatic rings. The first-order valence-corrected chi connectivity index (χ1v) is 11.9. The number of hydrogen-bond acceptors (Lipinski definition) is 6. The number of anilines is 1. The Labute approximate surface area is 210 Å². The molecule has 2 aliphatic heterocycles. The molecule has 1 fully saturated rings. The molecule has 8 heteroatoms. The van der Waals surface area contributed by atoms with Gasteiger partial charge in [-0.1, -0.05) is 29.8 Å². The Balaban J connectivity index is 1.43. The molecule has 0 unspecified atom stereocenters. The summed E-state index contributed by atoms with van der Waals surface area (Å²) in [5, 5.41) is 2.79. The van der Waals surface area contributed by atoms with Crippen LogP contribution in [0.25, 0.3) is 6.08 Å². The van der Waals surface area contributed by atoms with Crippen LogP contribution in [0.15, 0.2) is 65.4 Å². The molecule has 0 aromatic heterocycles. The van der Waals surface area contributed by atoms with E-state index < -0.39 is 5.97 Å². The molecule has 0 radical (unpaired) electrons. The Bertz CT molecular complexity index is 1190. The van der Waals surface area contributed by atoms with E-state index in [2.05, 4.69) is 5.32 Å². The number of methoxy groups -OCH3 is 1. The van der Waals surface area contributed by atoms with Gasteiger partial charge >= 0.3 is 5.97 Å². The molecule has 4 rings (SSSR count). The zero-order valence-corrected chi connectivity index (χ0v) is 20.7. The summed E-state index contributed by atoms with van der Waals surface area (Å²) in [5.74, 6) is -0.567. The number of ether oxygens (including phenoxy) is 3. The van der Waals surface area contributed by atoms with Gasteiger partial charge in [-0.2, -0.15) is 0 Å². The lowest BCUT2D eigenvalue weighted by molar-refractivity contribution is -0.136. The van der Waals surface area contributed by atoms with E-state index in [4.69, 9.17) is 14.2 Å². The van der Waals surface area contributed by atoms with E-state index in [-0.39, 0.29) is 35.7 Å². The van der Waals surface area contributed by atoms with E-state index in [1.165, 1.54) is 7.11 Å². The third kappa shape index (κ3) is 5.83. The standard InChI is InChI=1S/C28H30N2O6/c1-18-6-10-21(11-7-18)29-25(31)17-36-22-12-8-20(9-13-22)15-24-26(28(33)34-3)19(2)30(27(24)32)16-23-5-4-14-35-23/h6-13,15,23H,4-5,14,16-17H2,1-3H3,(H,29,31)/b24-15-/t23-/m1/s1. The van der Waals surface area contributed by atoms with Crippen LogP contribution in [-0.4, -0.2) is 55.7 Å². The smallest absolute Gasteiger partial charge is 0.340 e. The topological polar surface area (TPSA) is 94.2 Å². The lowest BCUT2D eigenvalue weighted by Crippen LogP contribution is -2.33. The van der Waals surface area contributed by atoms with Gasteiger partial charge in [0.1, 0.15) is 5.75 Å². The van der Waals surface area contributed by atoms with E-state index >= 15 is 0 Å². The van der Waals surface area contributed by atoms with Crippen molar-refractivity contribution in [3.05, 3.63) is 76.5 Å². The Hall–Kier alpha value is -3.91. The third-order valence-corrected chi connectivity index (χ3v) is 6.21. The SMILES string of the molecule is COC(=O)C1=C(C)N(C[C@H]2CCCO2)C(=O)/C1=C\c1ccc(OCC(=O)Nc2ccc(C)cc2)cc1. The van der Waals surface area contributed by atoms with Crippen molar-refractivity contribution >= 4 is 29.5 Å². The average molecular weight is 491 g/mol. The molecule has 0 aliphatic carbocycles. The number of carbonyl (C=O) groups excluding carboxylic acids is 3. The molecule has 1 saturated heterocycles. The quantitative estimate of drug-likeness (QED) is 0.446. The summed E-state index contributed by atoms with van der Waals surface area (Å²) in [6.45, 7) is 4.67. The van der Waals surface area contributed by atoms with Crippen LogP contribution in [0.2, 0.25) is 0 Å². The molecule has 188 valence electrons. The first-order valence-electron chi connectivity index (χ1n) is 11.9. The van der Waals surface area contributed by atoms with Crippen molar-refractivity contribution in [1.29, 1.82) is 0 Å². The van der Waals surface area contributed by atoms with Crippen LogP contribution in [0.1, 0.15) is 30.9 Å². The molecule has 2 aromatic carbocycles. The number of amides is 2. The molecule has 0 spiro atoms. The largest absolute Gasteiger partial charge is 0.484 e. The summed E-state index contributed by atoms with van der Waals surface area (Å²) in [5.41, 5.74) is 3.63. The van der Waals surface area contributed by atoms with Crippen LogP contribution >= 0.6 is 0 Å². The number of rotatable bonds is 8. The van der Waals surface area contributed by atoms with Gasteiger partial charge in [0.05, 0.1) is 30.9 Å². The highest BCUT2D eigenvalue weighted by Crippen LogP contribution is 2.33. The van der Waals surface area contributed by atoms with E-state index in [0.29, 0.717) is 35.8 Å². The van der Waals surface area contributed by atoms with Gasteiger partial charge in [-0.3, -0.25) is 9.59 Å². The highest BCUT2D eigenvalue weighted by molar-refractivity contribution is 6.16. The molecule has 0 saturated carbocycles. The molecular formula is C28H30N2O6. The van der Waals surface area contributed by atoms with Gasteiger partial charge in [0.2, 0.25) is 0 Å². The minimum atomic E-state index is -0.554. The van der Waals surface area contributed by atoms with Crippen LogP contribution in [0, 0.1) is 6.92 Å². The summed E-state index contributed by atoms with van der Waals surface area (Å²) in [6.07, 6.45) is 3.47. The maximum atomic E-state index is 13.2. The summed E-state index contributed by atoms with van der Waals surface area (Å²) < 4.78 is 16.2. The zero-order valence-electron chi connectivity index (χ0n) is 20.7. The highest BCUT2D eigenvalue weighted by atomic mass is 16.5. The Morgan fingerprint density at radius 1 is 1.11 bits per heavy atom. The number of benzene rings is 2. The van der Waals surface area contributed by atoms with Crippen molar-refractivity contribution in [3.8, 4) is 5.75 Å². The molecule has 2 amide bonds. The Morgan fingerprint density at radius 3 is 2.47 bits per heavy atom. The van der Waals surface area contributed by atoms with Gasteiger partial charge in [-0.15, -0.1) is 0 Å². The van der Waals surface area contributed by atoms with Crippen LogP contribution in [0.3, 0.4) is 0 Å². The summed E-state index contributed by atoms with van der Waals surface area (Å²) in [4.78, 5) is 39.5. The third-order valence-electron chi connectivity index (χ3n) is 6.21. The minimum Gasteiger partial charge on any atom is -0.484 e. The van der Waals surface area contributed by atoms with E-state index in [1.807, 2.05) is 31.2 Å². The molecule has 1 atom stereocenters. The summed E-state index contributed by atoms with van der Waals surface area (Å²) in [7, 11) is 1.30. The molecule has 0 bridgehead atoms. The molecule has 1 N–H and O–H groups in total. The van der Waals surface area contributed by atoms with Crippen LogP contribution in [-0.2, 0) is 23.9 Å². The first-order chi connectivity index (χ1) is 17.4. The van der Waals surface area contributed by atoms with Gasteiger partial charge in [0.25, 0.3) is 11.8 Å². The molecule has 8 nitrogen and oxygen atoms in total. The van der Waals surface area contributed by atoms with E-state index in [0.717, 1.165) is 18.4 Å². The lowest BCUT2D eigenvalue weighted by atomic mass is 10.0. The lowest BCUT2D eigenvalue weighted by Gasteiger charge is -2.21. The number of nitrogens with one attached hydrogen (secondary N) is 1. The Morgan fingerprint density at radius 2 is 1.83 bits per heavy atom. The fraction of sp³-hybridized carbons (Fsp3) is 0.321. The maximum Gasteiger partial charge on any atom is 0.340 e. The number of aryl methyl sites for hydroxylation is 1. The van der Waals surface area contributed by atoms with Crippen molar-refractivity contribution < 1.29 is 28.6 Å². The van der Waals surface area contributed by atoms with Crippen molar-refractivity contribution in [3.63, 3.8) is 0 Å². The van der Waals surface area contributed by atoms with Gasteiger partial charge in [0.15, 0.2) is 6.61 Å². The second-order valence-electron chi connectivity index (χ2n) is 8.83. The normalized spacial score (nSPS) is 18.6. The molecular weight excluding hydrogens is 460 g/mol. The predicted octanol–water partition coefficient (Wildman–Crippen LogP) is 3.86. The van der Waals surface area contributed by atoms with E-state index in [9.17, 15) is 14.4 Å². The minimum absolute atomic E-state index is 0.0400. The number of nitrogens with zero attached hydrogens (tertiary/aromatic N) is 1. The van der Waals surface area contributed by atoms with Gasteiger partial charge in [-0.25, -0.2) is 4.79 Å². The van der Waals surface area contributed by atoms with Gasteiger partial charge in [-0.05, 0) is 62.6 Å². The zero-order chi connectivity index (χ0) is 25.7. The summed E-state index contributed by atoms with van der Waals surface area (Å²) in [6, 6.07) is 14.5. The van der Waals surface area contributed by atoms with Crippen molar-refractivity contribution in [2.75, 3.05) is 32.2 Å². The van der Waals surface area contributed by atoms with Crippen LogP contribution in [0.5, 0.6) is 5.75 Å². The summed E-state index contributed by atoms with van der Waals surface area (Å²) >= 11 is 0. The maximum absolute atomic E-state index is 13.2. The fourth-order valence-electron chi connectivity index (χ4n) is 4.25. The van der Waals surface area contributed by atoms with Gasteiger partial charge < -0.3 is 24.4 Å². The second-order valence-corrected chi connectivity index (χ2v) is 8.83. The molecule has 36 heavy (non-hydrogen) atoms.